The maximum absolute atomic E-state index is 12.2. The minimum Gasteiger partial charge on any atom is -0.497 e. The summed E-state index contributed by atoms with van der Waals surface area (Å²) >= 11 is 11.8. The maximum atomic E-state index is 12.2. The first-order chi connectivity index (χ1) is 12.8. The van der Waals surface area contributed by atoms with Gasteiger partial charge in [-0.1, -0.05) is 23.2 Å². The number of ether oxygens (including phenoxy) is 2. The zero-order valence-corrected chi connectivity index (χ0v) is 16.6. The molecule has 2 amide bonds. The minimum atomic E-state index is -0.460. The van der Waals surface area contributed by atoms with Crippen LogP contribution in [0.3, 0.4) is 0 Å². The first-order valence-corrected chi connectivity index (χ1v) is 8.85. The number of methoxy groups -OCH3 is 2. The highest BCUT2D eigenvalue weighted by molar-refractivity contribution is 6.36. The fourth-order valence-corrected chi connectivity index (χ4v) is 2.97. The fraction of sp³-hybridized carbons (Fsp3) is 0.263. The zero-order chi connectivity index (χ0) is 20.0. The summed E-state index contributed by atoms with van der Waals surface area (Å²) in [6.07, 6.45) is 0. The standard InChI is InChI=1S/C19H20Cl2N2O4/c1-11(15-9-13(26-2)5-7-17(15)27-3)23-18(24)10-22-19(25)14-6-4-12(20)8-16(14)21/h4-9,11H,10H2,1-3H3,(H,22,25)(H,23,24)/t11-/m1/s1. The lowest BCUT2D eigenvalue weighted by Crippen LogP contribution is -2.38. The molecule has 0 aliphatic rings. The van der Waals surface area contributed by atoms with Gasteiger partial charge in [-0.2, -0.15) is 0 Å². The number of hydrogen-bond donors (Lipinski definition) is 2. The lowest BCUT2D eigenvalue weighted by atomic mass is 10.1. The Hall–Kier alpha value is -2.44. The third-order valence-corrected chi connectivity index (χ3v) is 4.41. The zero-order valence-electron chi connectivity index (χ0n) is 15.1. The molecule has 6 nitrogen and oxygen atoms in total. The molecule has 1 atom stereocenters. The van der Waals surface area contributed by atoms with Gasteiger partial charge < -0.3 is 20.1 Å². The van der Waals surface area contributed by atoms with Gasteiger partial charge in [0.2, 0.25) is 5.91 Å². The van der Waals surface area contributed by atoms with Crippen LogP contribution in [0.15, 0.2) is 36.4 Å². The van der Waals surface area contributed by atoms with E-state index < -0.39 is 5.91 Å². The van der Waals surface area contributed by atoms with E-state index in [1.54, 1.807) is 38.5 Å². The highest BCUT2D eigenvalue weighted by atomic mass is 35.5. The van der Waals surface area contributed by atoms with Crippen molar-refractivity contribution < 1.29 is 19.1 Å². The molecule has 0 bridgehead atoms. The molecule has 27 heavy (non-hydrogen) atoms. The molecule has 0 unspecified atom stereocenters. The van der Waals surface area contributed by atoms with Crippen molar-refractivity contribution in [2.75, 3.05) is 20.8 Å². The normalized spacial score (nSPS) is 11.4. The first kappa shape index (κ1) is 20.9. The van der Waals surface area contributed by atoms with Gasteiger partial charge in [0.05, 0.1) is 37.4 Å². The van der Waals surface area contributed by atoms with Crippen LogP contribution in [-0.2, 0) is 4.79 Å². The molecule has 0 aliphatic carbocycles. The van der Waals surface area contributed by atoms with Crippen LogP contribution in [0, 0.1) is 0 Å². The van der Waals surface area contributed by atoms with Gasteiger partial charge in [0.1, 0.15) is 11.5 Å². The van der Waals surface area contributed by atoms with E-state index in [-0.39, 0.29) is 29.1 Å². The Bertz CT molecular complexity index is 842. The number of halogens is 2. The number of carbonyl (C=O) groups excluding carboxylic acids is 2. The predicted molar refractivity (Wildman–Crippen MR) is 105 cm³/mol. The number of amides is 2. The smallest absolute Gasteiger partial charge is 0.253 e. The van der Waals surface area contributed by atoms with Crippen molar-refractivity contribution >= 4 is 35.0 Å². The number of nitrogens with one attached hydrogen (secondary N) is 2. The van der Waals surface area contributed by atoms with Crippen molar-refractivity contribution in [3.8, 4) is 11.5 Å². The van der Waals surface area contributed by atoms with E-state index in [1.807, 2.05) is 6.92 Å². The molecular weight excluding hydrogens is 391 g/mol. The average Bonchev–Trinajstić information content (AvgIpc) is 2.65. The van der Waals surface area contributed by atoms with Crippen LogP contribution in [0.1, 0.15) is 28.9 Å². The van der Waals surface area contributed by atoms with Crippen molar-refractivity contribution in [1.29, 1.82) is 0 Å². The highest BCUT2D eigenvalue weighted by Crippen LogP contribution is 2.29. The molecular formula is C19H20Cl2N2O4. The maximum Gasteiger partial charge on any atom is 0.253 e. The van der Waals surface area contributed by atoms with Crippen LogP contribution >= 0.6 is 23.2 Å². The molecule has 0 heterocycles. The molecule has 0 radical (unpaired) electrons. The van der Waals surface area contributed by atoms with Crippen molar-refractivity contribution in [3.63, 3.8) is 0 Å². The van der Waals surface area contributed by atoms with E-state index in [9.17, 15) is 9.59 Å². The molecule has 0 fully saturated rings. The highest BCUT2D eigenvalue weighted by Gasteiger charge is 2.17. The Kier molecular flexibility index (Phi) is 7.33. The van der Waals surface area contributed by atoms with Crippen LogP contribution in [0.2, 0.25) is 10.0 Å². The van der Waals surface area contributed by atoms with Crippen LogP contribution in [-0.4, -0.2) is 32.6 Å². The topological polar surface area (TPSA) is 76.7 Å². The Morgan fingerprint density at radius 2 is 1.81 bits per heavy atom. The molecule has 0 saturated carbocycles. The summed E-state index contributed by atoms with van der Waals surface area (Å²) in [6, 6.07) is 9.50. The molecule has 144 valence electrons. The summed E-state index contributed by atoms with van der Waals surface area (Å²) in [6.45, 7) is 1.61. The lowest BCUT2D eigenvalue weighted by Gasteiger charge is -2.18. The molecule has 0 spiro atoms. The lowest BCUT2D eigenvalue weighted by molar-refractivity contribution is -0.120. The summed E-state index contributed by atoms with van der Waals surface area (Å²) in [5.41, 5.74) is 1.01. The second-order valence-electron chi connectivity index (χ2n) is 5.70. The van der Waals surface area contributed by atoms with E-state index in [4.69, 9.17) is 32.7 Å². The number of carbonyl (C=O) groups is 2. The van der Waals surface area contributed by atoms with E-state index in [0.717, 1.165) is 5.56 Å². The Morgan fingerprint density at radius 1 is 1.07 bits per heavy atom. The average molecular weight is 411 g/mol. The van der Waals surface area contributed by atoms with Crippen LogP contribution in [0.5, 0.6) is 11.5 Å². The fourth-order valence-electron chi connectivity index (χ4n) is 2.48. The van der Waals surface area contributed by atoms with Crippen molar-refractivity contribution in [1.82, 2.24) is 10.6 Å². The number of hydrogen-bond acceptors (Lipinski definition) is 4. The van der Waals surface area contributed by atoms with Gasteiger partial charge >= 0.3 is 0 Å². The minimum absolute atomic E-state index is 0.200. The largest absolute Gasteiger partial charge is 0.497 e. The molecule has 2 N–H and O–H groups in total. The Labute approximate surface area is 167 Å². The van der Waals surface area contributed by atoms with Crippen molar-refractivity contribution in [2.24, 2.45) is 0 Å². The molecule has 8 heteroatoms. The number of rotatable bonds is 7. The molecule has 0 saturated heterocycles. The quantitative estimate of drug-likeness (QED) is 0.730. The number of benzene rings is 2. The Balaban J connectivity index is 1.98. The van der Waals surface area contributed by atoms with Gasteiger partial charge in [0, 0.05) is 10.6 Å². The second kappa shape index (κ2) is 9.48. The molecule has 2 aromatic rings. The summed E-state index contributed by atoms with van der Waals surface area (Å²) < 4.78 is 10.5. The van der Waals surface area contributed by atoms with Gasteiger partial charge in [-0.15, -0.1) is 0 Å². The monoisotopic (exact) mass is 410 g/mol. The van der Waals surface area contributed by atoms with Gasteiger partial charge in [-0.3, -0.25) is 9.59 Å². The van der Waals surface area contributed by atoms with Crippen molar-refractivity contribution in [2.45, 2.75) is 13.0 Å². The van der Waals surface area contributed by atoms with E-state index in [0.29, 0.717) is 16.5 Å². The summed E-state index contributed by atoms with van der Waals surface area (Å²) in [5, 5.41) is 5.99. The van der Waals surface area contributed by atoms with Crippen LogP contribution in [0.4, 0.5) is 0 Å². The molecule has 2 aromatic carbocycles. The molecule has 0 aromatic heterocycles. The third-order valence-electron chi connectivity index (χ3n) is 3.87. The summed E-state index contributed by atoms with van der Waals surface area (Å²) in [7, 11) is 3.11. The predicted octanol–water partition coefficient (Wildman–Crippen LogP) is 3.62. The van der Waals surface area contributed by atoms with Gasteiger partial charge in [0.25, 0.3) is 5.91 Å². The summed E-state index contributed by atoms with van der Waals surface area (Å²) in [4.78, 5) is 24.4. The third kappa shape index (κ3) is 5.52. The summed E-state index contributed by atoms with van der Waals surface area (Å²) in [5.74, 6) is 0.461. The first-order valence-electron chi connectivity index (χ1n) is 8.10. The van der Waals surface area contributed by atoms with Gasteiger partial charge in [0.15, 0.2) is 0 Å². The second-order valence-corrected chi connectivity index (χ2v) is 6.55. The van der Waals surface area contributed by atoms with Crippen LogP contribution < -0.4 is 20.1 Å². The SMILES string of the molecule is COc1ccc(OC)c([C@@H](C)NC(=O)CNC(=O)c2ccc(Cl)cc2Cl)c1. The van der Waals surface area contributed by atoms with Crippen LogP contribution in [0.25, 0.3) is 0 Å². The van der Waals surface area contributed by atoms with Gasteiger partial charge in [-0.25, -0.2) is 0 Å². The van der Waals surface area contributed by atoms with E-state index >= 15 is 0 Å². The van der Waals surface area contributed by atoms with E-state index in [1.165, 1.54) is 12.1 Å². The molecule has 0 aliphatic heterocycles. The van der Waals surface area contributed by atoms with Gasteiger partial charge in [-0.05, 0) is 43.3 Å². The van der Waals surface area contributed by atoms with E-state index in [2.05, 4.69) is 10.6 Å². The molecule has 2 rings (SSSR count). The Morgan fingerprint density at radius 3 is 2.44 bits per heavy atom. The van der Waals surface area contributed by atoms with Crippen molar-refractivity contribution in [3.05, 3.63) is 57.6 Å².